The Hall–Kier alpha value is -1.48. The second kappa shape index (κ2) is 4.65. The van der Waals surface area contributed by atoms with Gasteiger partial charge >= 0.3 is 0 Å². The topological polar surface area (TPSA) is 17.1 Å². The maximum absolute atomic E-state index is 13.1. The Morgan fingerprint density at radius 3 is 2.78 bits per heavy atom. The molecule has 0 saturated heterocycles. The second-order valence-corrected chi connectivity index (χ2v) is 6.07. The SMILES string of the molecule is O=S(CC1Cc2ccccc21)c1cccc(F)c1. The van der Waals surface area contributed by atoms with Gasteiger partial charge in [0.1, 0.15) is 5.82 Å². The highest BCUT2D eigenvalue weighted by atomic mass is 32.2. The van der Waals surface area contributed by atoms with Crippen LogP contribution in [-0.4, -0.2) is 9.96 Å². The van der Waals surface area contributed by atoms with E-state index in [0.29, 0.717) is 16.6 Å². The van der Waals surface area contributed by atoms with Crippen molar-refractivity contribution in [2.24, 2.45) is 0 Å². The van der Waals surface area contributed by atoms with Crippen molar-refractivity contribution in [3.8, 4) is 0 Å². The zero-order chi connectivity index (χ0) is 12.5. The first-order chi connectivity index (χ1) is 8.74. The van der Waals surface area contributed by atoms with Crippen LogP contribution in [0.1, 0.15) is 17.0 Å². The molecule has 0 bridgehead atoms. The molecule has 0 fully saturated rings. The Labute approximate surface area is 108 Å². The molecule has 2 unspecified atom stereocenters. The fourth-order valence-electron chi connectivity index (χ4n) is 2.40. The van der Waals surface area contributed by atoms with Gasteiger partial charge in [0.15, 0.2) is 0 Å². The van der Waals surface area contributed by atoms with E-state index in [-0.39, 0.29) is 5.82 Å². The maximum atomic E-state index is 13.1. The van der Waals surface area contributed by atoms with Crippen molar-refractivity contribution in [2.45, 2.75) is 17.2 Å². The molecule has 0 amide bonds. The summed E-state index contributed by atoms with van der Waals surface area (Å²) in [6.07, 6.45) is 0.983. The van der Waals surface area contributed by atoms with Crippen LogP contribution in [0, 0.1) is 5.82 Å². The van der Waals surface area contributed by atoms with E-state index < -0.39 is 10.8 Å². The van der Waals surface area contributed by atoms with E-state index in [9.17, 15) is 8.60 Å². The van der Waals surface area contributed by atoms with Gasteiger partial charge in [-0.1, -0.05) is 30.3 Å². The molecule has 1 aliphatic rings. The van der Waals surface area contributed by atoms with Crippen molar-refractivity contribution >= 4 is 10.8 Å². The highest BCUT2D eigenvalue weighted by Gasteiger charge is 2.27. The number of hydrogen-bond acceptors (Lipinski definition) is 1. The van der Waals surface area contributed by atoms with E-state index in [1.54, 1.807) is 12.1 Å². The van der Waals surface area contributed by atoms with Crippen molar-refractivity contribution in [2.75, 3.05) is 5.75 Å². The first-order valence-corrected chi connectivity index (χ1v) is 7.27. The summed E-state index contributed by atoms with van der Waals surface area (Å²) >= 11 is 0. The fourth-order valence-corrected chi connectivity index (χ4v) is 3.73. The summed E-state index contributed by atoms with van der Waals surface area (Å²) in [5, 5.41) is 0. The van der Waals surface area contributed by atoms with E-state index in [2.05, 4.69) is 12.1 Å². The first-order valence-electron chi connectivity index (χ1n) is 5.96. The third-order valence-electron chi connectivity index (χ3n) is 3.37. The highest BCUT2D eigenvalue weighted by molar-refractivity contribution is 7.85. The minimum absolute atomic E-state index is 0.324. The summed E-state index contributed by atoms with van der Waals surface area (Å²) < 4.78 is 25.2. The molecule has 2 atom stereocenters. The van der Waals surface area contributed by atoms with E-state index in [4.69, 9.17) is 0 Å². The Morgan fingerprint density at radius 2 is 2.00 bits per heavy atom. The van der Waals surface area contributed by atoms with E-state index in [1.807, 2.05) is 12.1 Å². The third-order valence-corrected chi connectivity index (χ3v) is 4.86. The van der Waals surface area contributed by atoms with Gasteiger partial charge in [0, 0.05) is 16.6 Å². The summed E-state index contributed by atoms with van der Waals surface area (Å²) in [7, 11) is -1.12. The molecule has 3 heteroatoms. The Balaban J connectivity index is 1.74. The number of hydrogen-bond donors (Lipinski definition) is 0. The van der Waals surface area contributed by atoms with Gasteiger partial charge in [-0.05, 0) is 35.7 Å². The van der Waals surface area contributed by atoms with Crippen LogP contribution in [0.15, 0.2) is 53.4 Å². The highest BCUT2D eigenvalue weighted by Crippen LogP contribution is 2.35. The van der Waals surface area contributed by atoms with Gasteiger partial charge in [-0.2, -0.15) is 0 Å². The molecule has 0 aliphatic heterocycles. The summed E-state index contributed by atoms with van der Waals surface area (Å²) in [6, 6.07) is 14.3. The van der Waals surface area contributed by atoms with Crippen molar-refractivity contribution < 1.29 is 8.60 Å². The summed E-state index contributed by atoms with van der Waals surface area (Å²) in [6.45, 7) is 0. The lowest BCUT2D eigenvalue weighted by atomic mass is 9.79. The summed E-state index contributed by atoms with van der Waals surface area (Å²) in [5.41, 5.74) is 2.64. The summed E-state index contributed by atoms with van der Waals surface area (Å²) in [4.78, 5) is 0.583. The lowest BCUT2D eigenvalue weighted by molar-refractivity contribution is 0.620. The van der Waals surface area contributed by atoms with Crippen LogP contribution in [0.2, 0.25) is 0 Å². The molecule has 92 valence electrons. The summed E-state index contributed by atoms with van der Waals surface area (Å²) in [5.74, 6) is 0.612. The van der Waals surface area contributed by atoms with E-state index in [0.717, 1.165) is 6.42 Å². The van der Waals surface area contributed by atoms with Crippen LogP contribution in [-0.2, 0) is 17.2 Å². The third kappa shape index (κ3) is 2.10. The van der Waals surface area contributed by atoms with Gasteiger partial charge in [0.05, 0.1) is 10.8 Å². The normalized spacial score (nSPS) is 18.8. The quantitative estimate of drug-likeness (QED) is 0.827. The van der Waals surface area contributed by atoms with E-state index in [1.165, 1.54) is 23.3 Å². The van der Waals surface area contributed by atoms with Crippen molar-refractivity contribution in [1.82, 2.24) is 0 Å². The molecule has 0 N–H and O–H groups in total. The van der Waals surface area contributed by atoms with Gasteiger partial charge in [-0.15, -0.1) is 0 Å². The number of halogens is 1. The molecule has 0 heterocycles. The van der Waals surface area contributed by atoms with Gasteiger partial charge in [0.25, 0.3) is 0 Å². The molecular weight excluding hydrogens is 247 g/mol. The van der Waals surface area contributed by atoms with Crippen molar-refractivity contribution in [3.63, 3.8) is 0 Å². The smallest absolute Gasteiger partial charge is 0.124 e. The molecule has 0 saturated carbocycles. The predicted octanol–water partition coefficient (Wildman–Crippen LogP) is 3.27. The Morgan fingerprint density at radius 1 is 1.17 bits per heavy atom. The molecule has 3 rings (SSSR count). The standard InChI is InChI=1S/C15H13FOS/c16-13-5-3-6-14(9-13)18(17)10-12-8-11-4-1-2-7-15(11)12/h1-7,9,12H,8,10H2. The van der Waals surface area contributed by atoms with Gasteiger partial charge < -0.3 is 0 Å². The minimum atomic E-state index is -1.12. The predicted molar refractivity (Wildman–Crippen MR) is 70.6 cm³/mol. The Bertz CT molecular complexity index is 609. The van der Waals surface area contributed by atoms with Crippen LogP contribution >= 0.6 is 0 Å². The van der Waals surface area contributed by atoms with E-state index >= 15 is 0 Å². The lowest BCUT2D eigenvalue weighted by Crippen LogP contribution is -2.22. The largest absolute Gasteiger partial charge is 0.254 e. The molecule has 0 spiro atoms. The molecule has 0 radical (unpaired) electrons. The Kier molecular flexibility index (Phi) is 3.00. The fraction of sp³-hybridized carbons (Fsp3) is 0.200. The molecule has 18 heavy (non-hydrogen) atoms. The van der Waals surface area contributed by atoms with Crippen LogP contribution in [0.5, 0.6) is 0 Å². The number of rotatable bonds is 3. The second-order valence-electron chi connectivity index (χ2n) is 4.57. The maximum Gasteiger partial charge on any atom is 0.124 e. The average molecular weight is 260 g/mol. The zero-order valence-corrected chi connectivity index (χ0v) is 10.6. The lowest BCUT2D eigenvalue weighted by Gasteiger charge is -2.29. The average Bonchev–Trinajstić information content (AvgIpc) is 2.36. The van der Waals surface area contributed by atoms with Crippen LogP contribution in [0.3, 0.4) is 0 Å². The minimum Gasteiger partial charge on any atom is -0.254 e. The number of benzene rings is 2. The van der Waals surface area contributed by atoms with Crippen LogP contribution < -0.4 is 0 Å². The van der Waals surface area contributed by atoms with Crippen LogP contribution in [0.25, 0.3) is 0 Å². The molecular formula is C15H13FOS. The van der Waals surface area contributed by atoms with Crippen LogP contribution in [0.4, 0.5) is 4.39 Å². The van der Waals surface area contributed by atoms with Gasteiger partial charge in [-0.25, -0.2) is 4.39 Å². The van der Waals surface area contributed by atoms with Crippen molar-refractivity contribution in [3.05, 3.63) is 65.5 Å². The monoisotopic (exact) mass is 260 g/mol. The van der Waals surface area contributed by atoms with Crippen molar-refractivity contribution in [1.29, 1.82) is 0 Å². The number of fused-ring (bicyclic) bond motifs is 1. The zero-order valence-electron chi connectivity index (χ0n) is 9.80. The first kappa shape index (κ1) is 11.6. The molecule has 2 aromatic carbocycles. The molecule has 0 aromatic heterocycles. The molecule has 1 aliphatic carbocycles. The molecule has 1 nitrogen and oxygen atoms in total. The van der Waals surface area contributed by atoms with Gasteiger partial charge in [-0.3, -0.25) is 4.21 Å². The van der Waals surface area contributed by atoms with Gasteiger partial charge in [0.2, 0.25) is 0 Å². The molecule has 2 aromatic rings.